The SMILES string of the molecule is Cc1cc(N2C(=O)C(C)(C)c3ccc(C4=CN(c5ccncc5F)CN4)cc32)ccn1. The fourth-order valence-corrected chi connectivity index (χ4v) is 4.19. The highest BCUT2D eigenvalue weighted by Crippen LogP contribution is 2.46. The lowest BCUT2D eigenvalue weighted by atomic mass is 9.85. The number of carbonyl (C=O) groups is 1. The number of aromatic nitrogens is 2. The minimum absolute atomic E-state index is 0.0269. The third-order valence-corrected chi connectivity index (χ3v) is 5.88. The first-order chi connectivity index (χ1) is 14.9. The number of pyridine rings is 2. The summed E-state index contributed by atoms with van der Waals surface area (Å²) in [7, 11) is 0. The Labute approximate surface area is 180 Å². The van der Waals surface area contributed by atoms with Gasteiger partial charge in [0.05, 0.1) is 41.0 Å². The third kappa shape index (κ3) is 3.04. The fraction of sp³-hybridized carbons (Fsp3) is 0.208. The van der Waals surface area contributed by atoms with E-state index in [1.54, 1.807) is 28.3 Å². The maximum atomic E-state index is 14.1. The number of nitrogens with one attached hydrogen (secondary N) is 1. The van der Waals surface area contributed by atoms with E-state index in [-0.39, 0.29) is 11.7 Å². The van der Waals surface area contributed by atoms with E-state index >= 15 is 0 Å². The summed E-state index contributed by atoms with van der Waals surface area (Å²) in [6.07, 6.45) is 6.37. The molecule has 2 aliphatic rings. The molecule has 0 spiro atoms. The second kappa shape index (κ2) is 6.91. The van der Waals surface area contributed by atoms with Gasteiger partial charge in [0.2, 0.25) is 5.91 Å². The fourth-order valence-electron chi connectivity index (χ4n) is 4.19. The minimum Gasteiger partial charge on any atom is -0.366 e. The van der Waals surface area contributed by atoms with E-state index < -0.39 is 5.41 Å². The first kappa shape index (κ1) is 19.2. The van der Waals surface area contributed by atoms with Crippen LogP contribution in [0.15, 0.2) is 61.2 Å². The van der Waals surface area contributed by atoms with Gasteiger partial charge < -0.3 is 10.2 Å². The number of fused-ring (bicyclic) bond motifs is 1. The summed E-state index contributed by atoms with van der Waals surface area (Å²) in [5.74, 6) is -0.346. The van der Waals surface area contributed by atoms with Crippen molar-refractivity contribution in [2.24, 2.45) is 0 Å². The molecule has 1 N–H and O–H groups in total. The van der Waals surface area contributed by atoms with Crippen LogP contribution < -0.4 is 15.1 Å². The van der Waals surface area contributed by atoms with Gasteiger partial charge in [0, 0.05) is 29.9 Å². The van der Waals surface area contributed by atoms with E-state index in [9.17, 15) is 9.18 Å². The molecule has 6 nitrogen and oxygen atoms in total. The van der Waals surface area contributed by atoms with Crippen LogP contribution in [0.4, 0.5) is 21.5 Å². The summed E-state index contributed by atoms with van der Waals surface area (Å²) < 4.78 is 14.1. The highest BCUT2D eigenvalue weighted by molar-refractivity contribution is 6.12. The van der Waals surface area contributed by atoms with Crippen LogP contribution in [-0.4, -0.2) is 22.5 Å². The van der Waals surface area contributed by atoms with Gasteiger partial charge in [-0.1, -0.05) is 12.1 Å². The molecule has 156 valence electrons. The number of anilines is 3. The molecule has 4 heterocycles. The highest BCUT2D eigenvalue weighted by atomic mass is 19.1. The van der Waals surface area contributed by atoms with Crippen LogP contribution in [0.5, 0.6) is 0 Å². The average molecular weight is 415 g/mol. The number of rotatable bonds is 3. The number of benzene rings is 1. The molecule has 2 aromatic heterocycles. The van der Waals surface area contributed by atoms with Crippen molar-refractivity contribution in [1.29, 1.82) is 0 Å². The monoisotopic (exact) mass is 415 g/mol. The summed E-state index contributed by atoms with van der Waals surface area (Å²) in [5.41, 5.74) is 5.11. The topological polar surface area (TPSA) is 61.4 Å². The Balaban J connectivity index is 1.57. The van der Waals surface area contributed by atoms with Gasteiger partial charge in [-0.25, -0.2) is 4.39 Å². The predicted octanol–water partition coefficient (Wildman–Crippen LogP) is 4.25. The standard InChI is InChI=1S/C24H22FN5O/c1-15-10-17(6-9-27-15)30-22-11-16(4-5-18(22)24(2,3)23(30)31)20-13-29(14-28-20)21-7-8-26-12-19(21)25/h4-13,28H,14H2,1-3H3. The highest BCUT2D eigenvalue weighted by Gasteiger charge is 2.44. The summed E-state index contributed by atoms with van der Waals surface area (Å²) in [6, 6.07) is 11.4. The van der Waals surface area contributed by atoms with Crippen molar-refractivity contribution in [3.05, 3.63) is 83.8 Å². The van der Waals surface area contributed by atoms with Crippen LogP contribution in [0, 0.1) is 12.7 Å². The minimum atomic E-state index is -0.630. The molecule has 0 atom stereocenters. The number of hydrogen-bond acceptors (Lipinski definition) is 5. The van der Waals surface area contributed by atoms with Gasteiger partial charge >= 0.3 is 0 Å². The smallest absolute Gasteiger partial charge is 0.241 e. The molecule has 2 aliphatic heterocycles. The molecule has 0 fully saturated rings. The van der Waals surface area contributed by atoms with Crippen LogP contribution in [0.2, 0.25) is 0 Å². The molecule has 1 amide bonds. The van der Waals surface area contributed by atoms with Crippen molar-refractivity contribution in [3.63, 3.8) is 0 Å². The lowest BCUT2D eigenvalue weighted by Crippen LogP contribution is -2.33. The number of halogens is 1. The molecule has 5 rings (SSSR count). The molecule has 0 saturated heterocycles. The van der Waals surface area contributed by atoms with Crippen molar-refractivity contribution in [1.82, 2.24) is 15.3 Å². The number of aryl methyl sites for hydroxylation is 1. The molecule has 1 aromatic carbocycles. The van der Waals surface area contributed by atoms with Gasteiger partial charge in [-0.3, -0.25) is 19.7 Å². The molecule has 0 unspecified atom stereocenters. The summed E-state index contributed by atoms with van der Waals surface area (Å²) in [6.45, 7) is 6.25. The van der Waals surface area contributed by atoms with Crippen LogP contribution in [0.25, 0.3) is 5.70 Å². The average Bonchev–Trinajstić information content (AvgIpc) is 3.30. The predicted molar refractivity (Wildman–Crippen MR) is 118 cm³/mol. The summed E-state index contributed by atoms with van der Waals surface area (Å²) >= 11 is 0. The maximum absolute atomic E-state index is 14.1. The molecule has 0 radical (unpaired) electrons. The quantitative estimate of drug-likeness (QED) is 0.693. The molecule has 3 aromatic rings. The second-order valence-electron chi connectivity index (χ2n) is 8.33. The molecular formula is C24H22FN5O. The maximum Gasteiger partial charge on any atom is 0.241 e. The van der Waals surface area contributed by atoms with Crippen molar-refractivity contribution in [3.8, 4) is 0 Å². The number of amides is 1. The van der Waals surface area contributed by atoms with E-state index in [4.69, 9.17) is 0 Å². The number of hydrogen-bond donors (Lipinski definition) is 1. The van der Waals surface area contributed by atoms with E-state index in [0.717, 1.165) is 33.9 Å². The molecule has 7 heteroatoms. The first-order valence-electron chi connectivity index (χ1n) is 10.1. The van der Waals surface area contributed by atoms with Gasteiger partial charge in [0.25, 0.3) is 0 Å². The van der Waals surface area contributed by atoms with Crippen molar-refractivity contribution >= 4 is 28.7 Å². The summed E-state index contributed by atoms with van der Waals surface area (Å²) in [5, 5.41) is 3.32. The van der Waals surface area contributed by atoms with E-state index in [1.807, 2.05) is 57.3 Å². The molecule has 31 heavy (non-hydrogen) atoms. The van der Waals surface area contributed by atoms with Gasteiger partial charge in [-0.15, -0.1) is 0 Å². The Morgan fingerprint density at radius 1 is 1.10 bits per heavy atom. The van der Waals surface area contributed by atoms with E-state index in [0.29, 0.717) is 12.4 Å². The lowest BCUT2D eigenvalue weighted by Gasteiger charge is -2.20. The van der Waals surface area contributed by atoms with Crippen LogP contribution in [0.3, 0.4) is 0 Å². The summed E-state index contributed by atoms with van der Waals surface area (Å²) in [4.78, 5) is 25.0. The Bertz CT molecular complexity index is 1240. The molecule has 0 saturated carbocycles. The lowest BCUT2D eigenvalue weighted by molar-refractivity contribution is -0.121. The van der Waals surface area contributed by atoms with Gasteiger partial charge in [0.1, 0.15) is 0 Å². The van der Waals surface area contributed by atoms with Crippen LogP contribution in [-0.2, 0) is 10.2 Å². The Morgan fingerprint density at radius 3 is 2.71 bits per heavy atom. The zero-order chi connectivity index (χ0) is 21.8. The zero-order valence-corrected chi connectivity index (χ0v) is 17.6. The van der Waals surface area contributed by atoms with Crippen molar-refractivity contribution < 1.29 is 9.18 Å². The Morgan fingerprint density at radius 2 is 1.94 bits per heavy atom. The van der Waals surface area contributed by atoms with Gasteiger partial charge in [-0.05, 0) is 50.6 Å². The van der Waals surface area contributed by atoms with Crippen LogP contribution >= 0.6 is 0 Å². The molecule has 0 bridgehead atoms. The Kier molecular flexibility index (Phi) is 4.28. The second-order valence-corrected chi connectivity index (χ2v) is 8.33. The largest absolute Gasteiger partial charge is 0.366 e. The molecular weight excluding hydrogens is 393 g/mol. The van der Waals surface area contributed by atoms with Crippen molar-refractivity contribution in [2.45, 2.75) is 26.2 Å². The zero-order valence-electron chi connectivity index (χ0n) is 17.6. The van der Waals surface area contributed by atoms with Gasteiger partial charge in [0.15, 0.2) is 5.82 Å². The number of carbonyl (C=O) groups excluding carboxylic acids is 1. The first-order valence-corrected chi connectivity index (χ1v) is 10.1. The number of nitrogens with zero attached hydrogens (tertiary/aromatic N) is 4. The Hall–Kier alpha value is -3.74. The van der Waals surface area contributed by atoms with Crippen LogP contribution in [0.1, 0.15) is 30.7 Å². The normalized spacial score (nSPS) is 16.9. The molecule has 0 aliphatic carbocycles. The van der Waals surface area contributed by atoms with E-state index in [1.165, 1.54) is 6.20 Å². The van der Waals surface area contributed by atoms with Crippen molar-refractivity contribution in [2.75, 3.05) is 16.5 Å². The third-order valence-electron chi connectivity index (χ3n) is 5.88. The van der Waals surface area contributed by atoms with E-state index in [2.05, 4.69) is 15.3 Å². The van der Waals surface area contributed by atoms with Gasteiger partial charge in [-0.2, -0.15) is 0 Å².